The molecule has 2 aromatic rings. The third-order valence-corrected chi connectivity index (χ3v) is 7.80. The molecule has 0 saturated heterocycles. The van der Waals surface area contributed by atoms with Gasteiger partial charge in [0.1, 0.15) is 0 Å². The highest BCUT2D eigenvalue weighted by atomic mass is 32.2. The Balaban J connectivity index is 1.55. The largest absolute Gasteiger partial charge is 0.326 e. The number of carbonyl (C=O) groups is 1. The summed E-state index contributed by atoms with van der Waals surface area (Å²) in [4.78, 5) is 12.8. The average molecular weight is 413 g/mol. The molecule has 1 heterocycles. The zero-order chi connectivity index (χ0) is 20.3. The smallest absolute Gasteiger partial charge is 0.264 e. The van der Waals surface area contributed by atoms with Gasteiger partial charge in [0.25, 0.3) is 10.0 Å². The van der Waals surface area contributed by atoms with E-state index in [1.165, 1.54) is 23.6 Å². The number of benzene rings is 2. The number of fused-ring (bicyclic) bond motifs is 1. The summed E-state index contributed by atoms with van der Waals surface area (Å²) in [5, 5.41) is 2.99. The van der Waals surface area contributed by atoms with E-state index in [0.29, 0.717) is 35.2 Å². The van der Waals surface area contributed by atoms with E-state index in [1.54, 1.807) is 24.3 Å². The van der Waals surface area contributed by atoms with E-state index in [4.69, 9.17) is 0 Å². The maximum atomic E-state index is 13.2. The van der Waals surface area contributed by atoms with Crippen LogP contribution in [0.5, 0.6) is 0 Å². The molecule has 2 aromatic carbocycles. The van der Waals surface area contributed by atoms with E-state index < -0.39 is 10.0 Å². The molecule has 0 atom stereocenters. The molecule has 4 rings (SSSR count). The first-order chi connectivity index (χ1) is 14.0. The third kappa shape index (κ3) is 4.47. The summed E-state index contributed by atoms with van der Waals surface area (Å²) in [6.07, 6.45) is 8.12. The average Bonchev–Trinajstić information content (AvgIpc) is 2.74. The topological polar surface area (TPSA) is 66.5 Å². The van der Waals surface area contributed by atoms with E-state index >= 15 is 0 Å². The van der Waals surface area contributed by atoms with E-state index in [9.17, 15) is 13.2 Å². The summed E-state index contributed by atoms with van der Waals surface area (Å²) in [5.74, 6) is 0.487. The van der Waals surface area contributed by atoms with Crippen LogP contribution in [0, 0.1) is 5.92 Å². The van der Waals surface area contributed by atoms with Crippen molar-refractivity contribution >= 4 is 27.3 Å². The summed E-state index contributed by atoms with van der Waals surface area (Å²) in [5.41, 5.74) is 2.34. The standard InChI is InChI=1S/C23H28N2O3S/c26-23(16-18-8-3-1-4-9-18)24-20-14-13-19-10-7-15-25(22(19)17-20)29(27,28)21-11-5-2-6-12-21/h2,5-6,11-14,17-18H,1,3-4,7-10,15-16H2,(H,24,26). The zero-order valence-electron chi connectivity index (χ0n) is 16.6. The molecule has 1 fully saturated rings. The van der Waals surface area contributed by atoms with Crippen molar-refractivity contribution in [1.29, 1.82) is 0 Å². The number of nitrogens with zero attached hydrogens (tertiary/aromatic N) is 1. The van der Waals surface area contributed by atoms with Gasteiger partial charge in [-0.2, -0.15) is 0 Å². The van der Waals surface area contributed by atoms with Crippen molar-refractivity contribution in [1.82, 2.24) is 0 Å². The highest BCUT2D eigenvalue weighted by molar-refractivity contribution is 7.92. The lowest BCUT2D eigenvalue weighted by atomic mass is 9.87. The summed E-state index contributed by atoms with van der Waals surface area (Å²) in [6, 6.07) is 14.2. The highest BCUT2D eigenvalue weighted by Crippen LogP contribution is 2.34. The lowest BCUT2D eigenvalue weighted by Gasteiger charge is -2.31. The summed E-state index contributed by atoms with van der Waals surface area (Å²) in [7, 11) is -3.62. The number of sulfonamides is 1. The number of amides is 1. The third-order valence-electron chi connectivity index (χ3n) is 5.98. The van der Waals surface area contributed by atoms with Crippen LogP contribution in [0.1, 0.15) is 50.5 Å². The number of hydrogen-bond donors (Lipinski definition) is 1. The van der Waals surface area contributed by atoms with Crippen molar-refractivity contribution in [3.8, 4) is 0 Å². The number of nitrogens with one attached hydrogen (secondary N) is 1. The Hall–Kier alpha value is -2.34. The number of hydrogen-bond acceptors (Lipinski definition) is 3. The van der Waals surface area contributed by atoms with Crippen LogP contribution in [-0.2, 0) is 21.2 Å². The van der Waals surface area contributed by atoms with Crippen LogP contribution < -0.4 is 9.62 Å². The Labute approximate surface area is 173 Å². The molecular formula is C23H28N2O3S. The van der Waals surface area contributed by atoms with Gasteiger partial charge in [-0.25, -0.2) is 8.42 Å². The van der Waals surface area contributed by atoms with Gasteiger partial charge in [0.15, 0.2) is 0 Å². The molecular weight excluding hydrogens is 384 g/mol. The molecule has 5 nitrogen and oxygen atoms in total. The Morgan fingerprint density at radius 2 is 1.76 bits per heavy atom. The van der Waals surface area contributed by atoms with Gasteiger partial charge in [0, 0.05) is 18.7 Å². The van der Waals surface area contributed by atoms with E-state index in [0.717, 1.165) is 31.2 Å². The summed E-state index contributed by atoms with van der Waals surface area (Å²) < 4.78 is 27.9. The van der Waals surface area contributed by atoms with Crippen LogP contribution in [-0.4, -0.2) is 20.9 Å². The van der Waals surface area contributed by atoms with Gasteiger partial charge in [-0.05, 0) is 61.4 Å². The fourth-order valence-electron chi connectivity index (χ4n) is 4.45. The number of anilines is 2. The van der Waals surface area contributed by atoms with E-state index in [-0.39, 0.29) is 5.91 Å². The number of rotatable bonds is 5. The van der Waals surface area contributed by atoms with Gasteiger partial charge in [-0.1, -0.05) is 43.5 Å². The lowest BCUT2D eigenvalue weighted by Crippen LogP contribution is -2.35. The van der Waals surface area contributed by atoms with E-state index in [2.05, 4.69) is 5.32 Å². The summed E-state index contributed by atoms with van der Waals surface area (Å²) >= 11 is 0. The van der Waals surface area contributed by atoms with Crippen LogP contribution in [0.2, 0.25) is 0 Å². The maximum absolute atomic E-state index is 13.2. The quantitative estimate of drug-likeness (QED) is 0.771. The first kappa shape index (κ1) is 20.0. The van der Waals surface area contributed by atoms with Gasteiger partial charge in [0.2, 0.25) is 5.91 Å². The highest BCUT2D eigenvalue weighted by Gasteiger charge is 2.29. The monoisotopic (exact) mass is 412 g/mol. The molecule has 2 aliphatic rings. The minimum Gasteiger partial charge on any atom is -0.326 e. The first-order valence-corrected chi connectivity index (χ1v) is 12.0. The Morgan fingerprint density at radius 3 is 2.52 bits per heavy atom. The molecule has 0 aromatic heterocycles. The zero-order valence-corrected chi connectivity index (χ0v) is 17.5. The second-order valence-corrected chi connectivity index (χ2v) is 9.96. The Morgan fingerprint density at radius 1 is 1.00 bits per heavy atom. The van der Waals surface area contributed by atoms with Crippen molar-refractivity contribution in [3.63, 3.8) is 0 Å². The fraction of sp³-hybridized carbons (Fsp3) is 0.435. The predicted octanol–water partition coefficient (Wildman–Crippen LogP) is 4.74. The molecule has 0 unspecified atom stereocenters. The van der Waals surface area contributed by atoms with Crippen molar-refractivity contribution in [2.75, 3.05) is 16.2 Å². The molecule has 1 saturated carbocycles. The summed E-state index contributed by atoms with van der Waals surface area (Å²) in [6.45, 7) is 0.448. The lowest BCUT2D eigenvalue weighted by molar-refractivity contribution is -0.117. The minimum absolute atomic E-state index is 0.0186. The minimum atomic E-state index is -3.62. The molecule has 1 amide bonds. The van der Waals surface area contributed by atoms with E-state index in [1.807, 2.05) is 24.3 Å². The SMILES string of the molecule is O=C(CC1CCCCC1)Nc1ccc2c(c1)N(S(=O)(=O)c1ccccc1)CCC2. The normalized spacial score (nSPS) is 17.6. The van der Waals surface area contributed by atoms with Crippen LogP contribution in [0.3, 0.4) is 0 Å². The molecule has 1 aliphatic carbocycles. The van der Waals surface area contributed by atoms with Gasteiger partial charge in [-0.15, -0.1) is 0 Å². The molecule has 1 N–H and O–H groups in total. The maximum Gasteiger partial charge on any atom is 0.264 e. The van der Waals surface area contributed by atoms with Gasteiger partial charge < -0.3 is 5.32 Å². The Bertz CT molecular complexity index is 967. The van der Waals surface area contributed by atoms with Crippen molar-refractivity contribution < 1.29 is 13.2 Å². The predicted molar refractivity (Wildman–Crippen MR) is 116 cm³/mol. The van der Waals surface area contributed by atoms with Crippen molar-refractivity contribution in [2.24, 2.45) is 5.92 Å². The molecule has 1 aliphatic heterocycles. The molecule has 29 heavy (non-hydrogen) atoms. The molecule has 0 bridgehead atoms. The fourth-order valence-corrected chi connectivity index (χ4v) is 6.01. The van der Waals surface area contributed by atoms with Crippen LogP contribution in [0.4, 0.5) is 11.4 Å². The molecule has 6 heteroatoms. The second-order valence-electron chi connectivity index (χ2n) is 8.09. The first-order valence-electron chi connectivity index (χ1n) is 10.5. The van der Waals surface area contributed by atoms with Crippen molar-refractivity contribution in [3.05, 3.63) is 54.1 Å². The molecule has 0 radical (unpaired) electrons. The number of carbonyl (C=O) groups excluding carboxylic acids is 1. The van der Waals surface area contributed by atoms with Crippen LogP contribution in [0.15, 0.2) is 53.4 Å². The van der Waals surface area contributed by atoms with Gasteiger partial charge in [-0.3, -0.25) is 9.10 Å². The second kappa shape index (κ2) is 8.57. The molecule has 0 spiro atoms. The van der Waals surface area contributed by atoms with Crippen LogP contribution >= 0.6 is 0 Å². The van der Waals surface area contributed by atoms with Gasteiger partial charge >= 0.3 is 0 Å². The Kier molecular flexibility index (Phi) is 5.90. The van der Waals surface area contributed by atoms with Crippen molar-refractivity contribution in [2.45, 2.75) is 56.3 Å². The van der Waals surface area contributed by atoms with Crippen LogP contribution in [0.25, 0.3) is 0 Å². The molecule has 154 valence electrons. The number of aryl methyl sites for hydroxylation is 1. The van der Waals surface area contributed by atoms with Gasteiger partial charge in [0.05, 0.1) is 10.6 Å².